The van der Waals surface area contributed by atoms with Gasteiger partial charge in [-0.3, -0.25) is 0 Å². The van der Waals surface area contributed by atoms with Crippen molar-refractivity contribution >= 4 is 8.07 Å². The highest BCUT2D eigenvalue weighted by molar-refractivity contribution is 6.76. The number of ether oxygens (including phenoxy) is 1. The first-order chi connectivity index (χ1) is 6.97. The van der Waals surface area contributed by atoms with Gasteiger partial charge in [-0.15, -0.1) is 0 Å². The van der Waals surface area contributed by atoms with E-state index in [1.807, 2.05) is 10.8 Å². The van der Waals surface area contributed by atoms with E-state index in [-0.39, 0.29) is 0 Å². The molecule has 0 saturated heterocycles. The predicted molar refractivity (Wildman–Crippen MR) is 62.4 cm³/mol. The van der Waals surface area contributed by atoms with Gasteiger partial charge >= 0.3 is 0 Å². The van der Waals surface area contributed by atoms with Crippen LogP contribution in [0.2, 0.25) is 19.6 Å². The van der Waals surface area contributed by atoms with Crippen LogP contribution in [0.15, 0.2) is 18.7 Å². The average Bonchev–Trinajstić information content (AvgIpc) is 2.54. The van der Waals surface area contributed by atoms with E-state index in [4.69, 9.17) is 4.74 Å². The van der Waals surface area contributed by atoms with Gasteiger partial charge in [0.15, 0.2) is 0 Å². The minimum atomic E-state index is -1.16. The fraction of sp³-hybridized carbons (Fsp3) is 0.700. The zero-order valence-corrected chi connectivity index (χ0v) is 10.7. The van der Waals surface area contributed by atoms with Gasteiger partial charge in [-0.25, -0.2) is 4.98 Å². The number of hydrogen-bond acceptors (Lipinski definition) is 3. The number of aliphatic hydroxyl groups is 1. The molecular weight excluding hydrogens is 208 g/mol. The largest absolute Gasteiger partial charge is 0.389 e. The van der Waals surface area contributed by atoms with E-state index < -0.39 is 14.2 Å². The molecule has 1 rings (SSSR count). The lowest BCUT2D eigenvalue weighted by Gasteiger charge is -2.18. The minimum absolute atomic E-state index is 0.405. The molecule has 0 fully saturated rings. The standard InChI is InChI=1S/C10H20N2O2Si/c1-15(2,3)9-14-7-10(13)6-12-5-4-11-8-12/h4-5,8,10,13H,6-7,9H2,1-3H3. The second-order valence-electron chi connectivity index (χ2n) is 4.99. The number of rotatable bonds is 6. The summed E-state index contributed by atoms with van der Waals surface area (Å²) in [5.41, 5.74) is 0. The molecule has 1 heterocycles. The summed E-state index contributed by atoms with van der Waals surface area (Å²) in [5.74, 6) is 0. The van der Waals surface area contributed by atoms with E-state index in [9.17, 15) is 5.11 Å². The average molecular weight is 228 g/mol. The van der Waals surface area contributed by atoms with E-state index in [0.29, 0.717) is 13.2 Å². The highest BCUT2D eigenvalue weighted by atomic mass is 28.3. The van der Waals surface area contributed by atoms with Gasteiger partial charge < -0.3 is 14.4 Å². The van der Waals surface area contributed by atoms with Crippen molar-refractivity contribution in [2.45, 2.75) is 32.3 Å². The third-order valence-corrected chi connectivity index (χ3v) is 2.90. The summed E-state index contributed by atoms with van der Waals surface area (Å²) < 4.78 is 7.34. The topological polar surface area (TPSA) is 47.3 Å². The SMILES string of the molecule is C[Si](C)(C)COCC(O)Cn1ccnc1. The maximum atomic E-state index is 9.66. The molecule has 0 bridgehead atoms. The Kier molecular flexibility index (Phi) is 4.50. The lowest BCUT2D eigenvalue weighted by molar-refractivity contribution is 0.0440. The lowest BCUT2D eigenvalue weighted by atomic mass is 10.4. The molecule has 0 aromatic carbocycles. The van der Waals surface area contributed by atoms with Crippen molar-refractivity contribution in [3.8, 4) is 0 Å². The Balaban J connectivity index is 2.17. The quantitative estimate of drug-likeness (QED) is 0.743. The minimum Gasteiger partial charge on any atom is -0.389 e. The monoisotopic (exact) mass is 228 g/mol. The molecule has 0 radical (unpaired) electrons. The van der Waals surface area contributed by atoms with Crippen LogP contribution in [0.4, 0.5) is 0 Å². The Morgan fingerprint density at radius 1 is 1.47 bits per heavy atom. The second-order valence-corrected chi connectivity index (χ2v) is 10.4. The molecule has 1 aromatic heterocycles. The van der Waals surface area contributed by atoms with Gasteiger partial charge in [0.05, 0.1) is 33.7 Å². The van der Waals surface area contributed by atoms with Crippen LogP contribution >= 0.6 is 0 Å². The van der Waals surface area contributed by atoms with Crippen LogP contribution in [-0.2, 0) is 11.3 Å². The second kappa shape index (κ2) is 5.44. The number of aromatic nitrogens is 2. The summed E-state index contributed by atoms with van der Waals surface area (Å²) in [5, 5.41) is 9.66. The molecule has 1 atom stereocenters. The lowest BCUT2D eigenvalue weighted by Crippen LogP contribution is -2.31. The Labute approximate surface area is 91.9 Å². The van der Waals surface area contributed by atoms with E-state index in [1.165, 1.54) is 0 Å². The molecule has 15 heavy (non-hydrogen) atoms. The molecule has 86 valence electrons. The van der Waals surface area contributed by atoms with E-state index in [1.54, 1.807) is 12.5 Å². The Morgan fingerprint density at radius 2 is 2.20 bits per heavy atom. The molecule has 0 aliphatic heterocycles. The maximum Gasteiger partial charge on any atom is 0.0952 e. The third-order valence-electron chi connectivity index (χ3n) is 1.83. The summed E-state index contributed by atoms with van der Waals surface area (Å²) in [4.78, 5) is 3.91. The van der Waals surface area contributed by atoms with Crippen LogP contribution in [0, 0.1) is 0 Å². The Hall–Kier alpha value is -0.653. The fourth-order valence-corrected chi connectivity index (χ4v) is 1.92. The highest BCUT2D eigenvalue weighted by Crippen LogP contribution is 2.01. The molecule has 0 aliphatic carbocycles. The first-order valence-electron chi connectivity index (χ1n) is 5.19. The van der Waals surface area contributed by atoms with Crippen molar-refractivity contribution in [1.29, 1.82) is 0 Å². The summed E-state index contributed by atoms with van der Waals surface area (Å²) in [6.45, 7) is 7.69. The van der Waals surface area contributed by atoms with E-state index >= 15 is 0 Å². The van der Waals surface area contributed by atoms with Crippen molar-refractivity contribution in [2.24, 2.45) is 0 Å². The van der Waals surface area contributed by atoms with Crippen LogP contribution in [-0.4, -0.2) is 41.7 Å². The summed E-state index contributed by atoms with van der Waals surface area (Å²) in [6, 6.07) is 0. The van der Waals surface area contributed by atoms with Crippen LogP contribution in [0.5, 0.6) is 0 Å². The van der Waals surface area contributed by atoms with Gasteiger partial charge in [-0.2, -0.15) is 0 Å². The van der Waals surface area contributed by atoms with Crippen molar-refractivity contribution in [1.82, 2.24) is 9.55 Å². The Morgan fingerprint density at radius 3 is 2.73 bits per heavy atom. The molecular formula is C10H20N2O2Si. The van der Waals surface area contributed by atoms with Gasteiger partial charge in [0.1, 0.15) is 0 Å². The third kappa shape index (κ3) is 5.71. The van der Waals surface area contributed by atoms with Crippen molar-refractivity contribution in [2.75, 3.05) is 12.8 Å². The van der Waals surface area contributed by atoms with Gasteiger partial charge in [0, 0.05) is 18.6 Å². The molecule has 0 saturated carbocycles. The van der Waals surface area contributed by atoms with Crippen molar-refractivity contribution in [3.63, 3.8) is 0 Å². The fourth-order valence-electron chi connectivity index (χ4n) is 1.19. The number of imidazole rings is 1. The van der Waals surface area contributed by atoms with Crippen molar-refractivity contribution in [3.05, 3.63) is 18.7 Å². The number of hydrogen-bond donors (Lipinski definition) is 1. The maximum absolute atomic E-state index is 9.66. The molecule has 1 aromatic rings. The first kappa shape index (κ1) is 12.4. The van der Waals surface area contributed by atoms with E-state index in [0.717, 1.165) is 6.23 Å². The van der Waals surface area contributed by atoms with Crippen LogP contribution in [0.3, 0.4) is 0 Å². The molecule has 0 aliphatic rings. The van der Waals surface area contributed by atoms with Gasteiger partial charge in [-0.05, 0) is 0 Å². The molecule has 0 spiro atoms. The number of aliphatic hydroxyl groups excluding tert-OH is 1. The van der Waals surface area contributed by atoms with E-state index in [2.05, 4.69) is 24.6 Å². The molecule has 5 heteroatoms. The highest BCUT2D eigenvalue weighted by Gasteiger charge is 2.14. The van der Waals surface area contributed by atoms with Gasteiger partial charge in [0.2, 0.25) is 0 Å². The first-order valence-corrected chi connectivity index (χ1v) is 8.90. The van der Waals surface area contributed by atoms with Gasteiger partial charge in [-0.1, -0.05) is 19.6 Å². The molecule has 1 N–H and O–H groups in total. The summed E-state index contributed by atoms with van der Waals surface area (Å²) >= 11 is 0. The zero-order valence-electron chi connectivity index (χ0n) is 9.68. The summed E-state index contributed by atoms with van der Waals surface area (Å²) in [7, 11) is -1.16. The van der Waals surface area contributed by atoms with Gasteiger partial charge in [0.25, 0.3) is 0 Å². The van der Waals surface area contributed by atoms with Crippen LogP contribution in [0.25, 0.3) is 0 Å². The predicted octanol–water partition coefficient (Wildman–Crippen LogP) is 1.14. The zero-order chi connectivity index (χ0) is 11.3. The normalized spacial score (nSPS) is 14.1. The molecule has 0 amide bonds. The Bertz CT molecular complexity index is 269. The van der Waals surface area contributed by atoms with Crippen LogP contribution < -0.4 is 0 Å². The van der Waals surface area contributed by atoms with Crippen molar-refractivity contribution < 1.29 is 9.84 Å². The molecule has 4 nitrogen and oxygen atoms in total. The number of nitrogens with zero attached hydrogens (tertiary/aromatic N) is 2. The summed E-state index contributed by atoms with van der Waals surface area (Å²) in [6.07, 6.45) is 5.59. The molecule has 1 unspecified atom stereocenters. The van der Waals surface area contributed by atoms with Crippen LogP contribution in [0.1, 0.15) is 0 Å². The smallest absolute Gasteiger partial charge is 0.0952 e.